The number of aliphatic hydroxyl groups excluding tert-OH is 1. The van der Waals surface area contributed by atoms with E-state index in [4.69, 9.17) is 5.11 Å². The minimum absolute atomic E-state index is 0.203. The number of fused-ring (bicyclic) bond motifs is 1. The lowest BCUT2D eigenvalue weighted by atomic mass is 10.1. The molecule has 2 unspecified atom stereocenters. The van der Waals surface area contributed by atoms with E-state index in [1.807, 2.05) is 18.7 Å². The second-order valence-electron chi connectivity index (χ2n) is 4.04. The molecule has 0 bridgehead atoms. The summed E-state index contributed by atoms with van der Waals surface area (Å²) in [6, 6.07) is 8.80. The predicted octanol–water partition coefficient (Wildman–Crippen LogP) is 1.67. The van der Waals surface area contributed by atoms with Crippen LogP contribution in [0.5, 0.6) is 0 Å². The summed E-state index contributed by atoms with van der Waals surface area (Å²) in [4.78, 5) is 1.42. The van der Waals surface area contributed by atoms with Crippen molar-refractivity contribution < 1.29 is 5.11 Å². The Hall–Kier alpha value is -0.510. The Morgan fingerprint density at radius 3 is 3.07 bits per heavy atom. The molecular formula is C12H17NOS. The first kappa shape index (κ1) is 11.0. The van der Waals surface area contributed by atoms with Crippen LogP contribution in [0.1, 0.15) is 12.5 Å². The number of rotatable bonds is 4. The molecule has 1 aromatic rings. The fourth-order valence-corrected chi connectivity index (χ4v) is 3.03. The van der Waals surface area contributed by atoms with Gasteiger partial charge in [-0.05, 0) is 25.0 Å². The molecule has 1 aromatic carbocycles. The van der Waals surface area contributed by atoms with Crippen molar-refractivity contribution in [1.29, 1.82) is 0 Å². The summed E-state index contributed by atoms with van der Waals surface area (Å²) in [7, 11) is 0. The normalized spacial score (nSPS) is 21.3. The largest absolute Gasteiger partial charge is 0.395 e. The zero-order valence-corrected chi connectivity index (χ0v) is 9.76. The molecular weight excluding hydrogens is 206 g/mol. The van der Waals surface area contributed by atoms with Crippen molar-refractivity contribution in [2.75, 3.05) is 13.2 Å². The summed E-state index contributed by atoms with van der Waals surface area (Å²) in [6.07, 6.45) is 1.14. The van der Waals surface area contributed by atoms with Crippen molar-refractivity contribution in [1.82, 2.24) is 5.32 Å². The van der Waals surface area contributed by atoms with E-state index >= 15 is 0 Å². The summed E-state index contributed by atoms with van der Waals surface area (Å²) in [5.74, 6) is 0. The van der Waals surface area contributed by atoms with E-state index in [0.717, 1.165) is 13.0 Å². The second kappa shape index (κ2) is 5.01. The van der Waals surface area contributed by atoms with Gasteiger partial charge >= 0.3 is 0 Å². The van der Waals surface area contributed by atoms with Crippen molar-refractivity contribution in [2.45, 2.75) is 29.5 Å². The van der Waals surface area contributed by atoms with Gasteiger partial charge in [-0.1, -0.05) is 18.2 Å². The minimum atomic E-state index is 0.203. The Morgan fingerprint density at radius 1 is 1.53 bits per heavy atom. The third-order valence-electron chi connectivity index (χ3n) is 2.68. The smallest absolute Gasteiger partial charge is 0.0581 e. The van der Waals surface area contributed by atoms with E-state index < -0.39 is 0 Å². The molecule has 0 radical (unpaired) electrons. The molecule has 82 valence electrons. The molecule has 2 nitrogen and oxygen atoms in total. The van der Waals surface area contributed by atoms with E-state index in [2.05, 4.69) is 29.6 Å². The highest BCUT2D eigenvalue weighted by Crippen LogP contribution is 2.36. The van der Waals surface area contributed by atoms with E-state index in [0.29, 0.717) is 5.25 Å². The predicted molar refractivity (Wildman–Crippen MR) is 64.3 cm³/mol. The van der Waals surface area contributed by atoms with Gasteiger partial charge in [0.05, 0.1) is 6.61 Å². The van der Waals surface area contributed by atoms with Gasteiger partial charge in [-0.15, -0.1) is 11.8 Å². The third-order valence-corrected chi connectivity index (χ3v) is 4.00. The molecule has 0 fully saturated rings. The minimum Gasteiger partial charge on any atom is -0.395 e. The number of nitrogens with one attached hydrogen (secondary N) is 1. The summed E-state index contributed by atoms with van der Waals surface area (Å²) >= 11 is 1.94. The van der Waals surface area contributed by atoms with Crippen LogP contribution in [0, 0.1) is 0 Å². The van der Waals surface area contributed by atoms with Crippen LogP contribution >= 0.6 is 11.8 Å². The Labute approximate surface area is 95.1 Å². The Bertz CT molecular complexity index is 304. The molecule has 3 heteroatoms. The zero-order chi connectivity index (χ0) is 10.7. The molecule has 1 aliphatic heterocycles. The van der Waals surface area contributed by atoms with Gasteiger partial charge in [0.1, 0.15) is 0 Å². The number of benzene rings is 1. The summed E-state index contributed by atoms with van der Waals surface area (Å²) in [5.41, 5.74) is 1.46. The van der Waals surface area contributed by atoms with E-state index in [-0.39, 0.29) is 12.6 Å². The highest BCUT2D eigenvalue weighted by molar-refractivity contribution is 8.00. The number of hydrogen-bond donors (Lipinski definition) is 2. The van der Waals surface area contributed by atoms with Crippen molar-refractivity contribution >= 4 is 11.8 Å². The fourth-order valence-electron chi connectivity index (χ4n) is 1.76. The quantitative estimate of drug-likeness (QED) is 0.814. The second-order valence-corrected chi connectivity index (χ2v) is 5.39. The lowest BCUT2D eigenvalue weighted by Crippen LogP contribution is -2.34. The maximum Gasteiger partial charge on any atom is 0.0581 e. The first-order valence-electron chi connectivity index (χ1n) is 5.38. The summed E-state index contributed by atoms with van der Waals surface area (Å²) in [5, 5.41) is 12.9. The molecule has 2 rings (SSSR count). The molecule has 0 saturated heterocycles. The van der Waals surface area contributed by atoms with Gasteiger partial charge < -0.3 is 10.4 Å². The van der Waals surface area contributed by atoms with Crippen LogP contribution in [-0.2, 0) is 6.42 Å². The highest BCUT2D eigenvalue weighted by Gasteiger charge is 2.21. The zero-order valence-electron chi connectivity index (χ0n) is 8.94. The molecule has 0 aromatic heterocycles. The molecule has 0 aliphatic carbocycles. The van der Waals surface area contributed by atoms with Gasteiger partial charge in [0.25, 0.3) is 0 Å². The molecule has 0 amide bonds. The van der Waals surface area contributed by atoms with Gasteiger partial charge in [-0.3, -0.25) is 0 Å². The van der Waals surface area contributed by atoms with E-state index in [9.17, 15) is 0 Å². The van der Waals surface area contributed by atoms with Crippen LogP contribution in [0.4, 0.5) is 0 Å². The van der Waals surface area contributed by atoms with Crippen molar-refractivity contribution in [2.24, 2.45) is 0 Å². The monoisotopic (exact) mass is 223 g/mol. The molecule has 2 N–H and O–H groups in total. The van der Waals surface area contributed by atoms with Gasteiger partial charge in [0.15, 0.2) is 0 Å². The van der Waals surface area contributed by atoms with Crippen LogP contribution < -0.4 is 5.32 Å². The maximum absolute atomic E-state index is 8.91. The number of hydrogen-bond acceptors (Lipinski definition) is 3. The molecule has 1 heterocycles. The maximum atomic E-state index is 8.91. The molecule has 1 aliphatic rings. The van der Waals surface area contributed by atoms with Crippen molar-refractivity contribution in [3.8, 4) is 0 Å². The number of thioether (sulfide) groups is 1. The fraction of sp³-hybridized carbons (Fsp3) is 0.500. The SMILES string of the molecule is CC(CO)NCC1Cc2ccccc2S1. The van der Waals surface area contributed by atoms with Crippen LogP contribution in [0.25, 0.3) is 0 Å². The first-order valence-corrected chi connectivity index (χ1v) is 6.26. The standard InChI is InChI=1S/C12H17NOS/c1-9(8-14)13-7-11-6-10-4-2-3-5-12(10)15-11/h2-5,9,11,13-14H,6-8H2,1H3. The first-order chi connectivity index (χ1) is 7.29. The van der Waals surface area contributed by atoms with Crippen LogP contribution in [0.2, 0.25) is 0 Å². The lowest BCUT2D eigenvalue weighted by Gasteiger charge is -2.14. The third kappa shape index (κ3) is 2.74. The Kier molecular flexibility index (Phi) is 3.67. The van der Waals surface area contributed by atoms with E-state index in [1.165, 1.54) is 10.5 Å². The Morgan fingerprint density at radius 2 is 2.33 bits per heavy atom. The van der Waals surface area contributed by atoms with Gasteiger partial charge in [0.2, 0.25) is 0 Å². The summed E-state index contributed by atoms with van der Waals surface area (Å²) in [6.45, 7) is 3.19. The highest BCUT2D eigenvalue weighted by atomic mass is 32.2. The molecule has 0 spiro atoms. The van der Waals surface area contributed by atoms with Crippen molar-refractivity contribution in [3.05, 3.63) is 29.8 Å². The Balaban J connectivity index is 1.85. The molecule has 15 heavy (non-hydrogen) atoms. The molecule has 2 atom stereocenters. The van der Waals surface area contributed by atoms with Crippen LogP contribution in [-0.4, -0.2) is 29.5 Å². The summed E-state index contributed by atoms with van der Waals surface area (Å²) < 4.78 is 0. The lowest BCUT2D eigenvalue weighted by molar-refractivity contribution is 0.252. The number of aliphatic hydroxyl groups is 1. The topological polar surface area (TPSA) is 32.3 Å². The van der Waals surface area contributed by atoms with E-state index in [1.54, 1.807) is 0 Å². The average molecular weight is 223 g/mol. The van der Waals surface area contributed by atoms with Gasteiger partial charge in [-0.25, -0.2) is 0 Å². The van der Waals surface area contributed by atoms with Crippen LogP contribution in [0.15, 0.2) is 29.2 Å². The molecule has 0 saturated carbocycles. The van der Waals surface area contributed by atoms with Gasteiger partial charge in [-0.2, -0.15) is 0 Å². The van der Waals surface area contributed by atoms with Crippen LogP contribution in [0.3, 0.4) is 0 Å². The van der Waals surface area contributed by atoms with Gasteiger partial charge in [0, 0.05) is 22.7 Å². The van der Waals surface area contributed by atoms with Crippen molar-refractivity contribution in [3.63, 3.8) is 0 Å². The average Bonchev–Trinajstić information content (AvgIpc) is 2.68.